The summed E-state index contributed by atoms with van der Waals surface area (Å²) in [6, 6.07) is 3.01. The maximum atomic E-state index is 13.7. The molecule has 1 aliphatic carbocycles. The van der Waals surface area contributed by atoms with Gasteiger partial charge in [-0.25, -0.2) is 13.6 Å². The SMILES string of the molecule is N#Cc1c(F)ccc2c(=O)c(C(=O)O)cn([C@@H]3C[C@@H]3F)c12. The fourth-order valence-corrected chi connectivity index (χ4v) is 2.39. The minimum absolute atomic E-state index is 0.0577. The first-order chi connectivity index (χ1) is 9.95. The third kappa shape index (κ3) is 1.88. The third-order valence-electron chi connectivity index (χ3n) is 3.52. The van der Waals surface area contributed by atoms with Crippen molar-refractivity contribution in [3.8, 4) is 6.07 Å². The monoisotopic (exact) mass is 290 g/mol. The number of carbonyl (C=O) groups is 1. The first-order valence-electron chi connectivity index (χ1n) is 6.10. The van der Waals surface area contributed by atoms with E-state index in [0.717, 1.165) is 18.3 Å². The molecule has 3 rings (SSSR count). The Balaban J connectivity index is 2.50. The predicted octanol–water partition coefficient (Wildman–Crippen LogP) is 1.99. The lowest BCUT2D eigenvalue weighted by Crippen LogP contribution is -2.20. The van der Waals surface area contributed by atoms with E-state index in [0.29, 0.717) is 0 Å². The van der Waals surface area contributed by atoms with Gasteiger partial charge in [0.1, 0.15) is 29.2 Å². The average Bonchev–Trinajstić information content (AvgIpc) is 3.15. The van der Waals surface area contributed by atoms with Gasteiger partial charge in [0.2, 0.25) is 5.43 Å². The number of fused-ring (bicyclic) bond motifs is 1. The second kappa shape index (κ2) is 4.38. The van der Waals surface area contributed by atoms with Gasteiger partial charge in [0.15, 0.2) is 0 Å². The van der Waals surface area contributed by atoms with E-state index in [1.54, 1.807) is 6.07 Å². The summed E-state index contributed by atoms with van der Waals surface area (Å²) in [6.45, 7) is 0. The van der Waals surface area contributed by atoms with Gasteiger partial charge < -0.3 is 9.67 Å². The molecule has 106 valence electrons. The molecule has 0 unspecified atom stereocenters. The van der Waals surface area contributed by atoms with Crippen LogP contribution in [0.25, 0.3) is 10.9 Å². The molecule has 1 heterocycles. The molecule has 1 N–H and O–H groups in total. The molecular formula is C14H8F2N2O3. The van der Waals surface area contributed by atoms with Crippen molar-refractivity contribution in [2.24, 2.45) is 0 Å². The number of aromatic carboxylic acids is 1. The van der Waals surface area contributed by atoms with E-state index < -0.39 is 35.0 Å². The van der Waals surface area contributed by atoms with Crippen molar-refractivity contribution in [3.05, 3.63) is 45.5 Å². The van der Waals surface area contributed by atoms with Crippen molar-refractivity contribution >= 4 is 16.9 Å². The van der Waals surface area contributed by atoms with Gasteiger partial charge >= 0.3 is 5.97 Å². The smallest absolute Gasteiger partial charge is 0.341 e. The zero-order chi connectivity index (χ0) is 15.3. The Morgan fingerprint density at radius 1 is 1.48 bits per heavy atom. The largest absolute Gasteiger partial charge is 0.477 e. The Labute approximate surface area is 116 Å². The van der Waals surface area contributed by atoms with Crippen LogP contribution in [0, 0.1) is 17.1 Å². The molecule has 5 nitrogen and oxygen atoms in total. The molecule has 0 spiro atoms. The summed E-state index contributed by atoms with van der Waals surface area (Å²) in [5, 5.41) is 18.0. The van der Waals surface area contributed by atoms with Gasteiger partial charge in [-0.2, -0.15) is 5.26 Å². The Hall–Kier alpha value is -2.75. The Bertz CT molecular complexity index is 882. The number of hydrogen-bond donors (Lipinski definition) is 1. The quantitative estimate of drug-likeness (QED) is 0.916. The Morgan fingerprint density at radius 3 is 2.67 bits per heavy atom. The van der Waals surface area contributed by atoms with Crippen LogP contribution in [0.15, 0.2) is 23.1 Å². The normalized spacial score (nSPS) is 20.2. The number of halogens is 2. The number of carboxylic acids is 1. The van der Waals surface area contributed by atoms with Crippen LogP contribution in [0.5, 0.6) is 0 Å². The van der Waals surface area contributed by atoms with Gasteiger partial charge in [-0.3, -0.25) is 4.79 Å². The number of alkyl halides is 1. The fraction of sp³-hybridized carbons (Fsp3) is 0.214. The van der Waals surface area contributed by atoms with E-state index in [-0.39, 0.29) is 22.9 Å². The predicted molar refractivity (Wildman–Crippen MR) is 68.4 cm³/mol. The van der Waals surface area contributed by atoms with Crippen molar-refractivity contribution in [2.45, 2.75) is 18.6 Å². The summed E-state index contributed by atoms with van der Waals surface area (Å²) in [7, 11) is 0. The van der Waals surface area contributed by atoms with Gasteiger partial charge in [-0.05, 0) is 12.1 Å². The zero-order valence-corrected chi connectivity index (χ0v) is 10.5. The van der Waals surface area contributed by atoms with Crippen LogP contribution in [0.2, 0.25) is 0 Å². The lowest BCUT2D eigenvalue weighted by atomic mass is 10.1. The molecule has 0 radical (unpaired) electrons. The maximum absolute atomic E-state index is 13.7. The molecule has 1 aliphatic rings. The van der Waals surface area contributed by atoms with E-state index in [9.17, 15) is 18.4 Å². The van der Waals surface area contributed by atoms with Crippen molar-refractivity contribution in [2.75, 3.05) is 0 Å². The fourth-order valence-electron chi connectivity index (χ4n) is 2.39. The van der Waals surface area contributed by atoms with E-state index in [2.05, 4.69) is 0 Å². The summed E-state index contributed by atoms with van der Waals surface area (Å²) < 4.78 is 28.2. The zero-order valence-electron chi connectivity index (χ0n) is 10.5. The standard InChI is InChI=1S/C14H8F2N2O3/c15-9-2-1-6-12(7(9)4-17)18(11-3-10(11)16)5-8(13(6)19)14(20)21/h1-2,5,10-11H,3H2,(H,20,21)/t10-,11+/m0/s1. The lowest BCUT2D eigenvalue weighted by Gasteiger charge is -2.12. The van der Waals surface area contributed by atoms with Gasteiger partial charge in [0.05, 0.1) is 11.6 Å². The highest BCUT2D eigenvalue weighted by atomic mass is 19.1. The molecule has 1 saturated carbocycles. The van der Waals surface area contributed by atoms with Crippen molar-refractivity contribution in [1.82, 2.24) is 4.57 Å². The molecule has 1 aromatic carbocycles. The molecule has 1 aromatic heterocycles. The number of rotatable bonds is 2. The summed E-state index contributed by atoms with van der Waals surface area (Å²) in [6.07, 6.45) is -0.0807. The first-order valence-corrected chi connectivity index (χ1v) is 6.10. The second-order valence-corrected chi connectivity index (χ2v) is 4.83. The van der Waals surface area contributed by atoms with Gasteiger partial charge in [-0.1, -0.05) is 0 Å². The lowest BCUT2D eigenvalue weighted by molar-refractivity contribution is 0.0694. The second-order valence-electron chi connectivity index (χ2n) is 4.83. The van der Waals surface area contributed by atoms with E-state index >= 15 is 0 Å². The van der Waals surface area contributed by atoms with Crippen LogP contribution in [0.1, 0.15) is 28.4 Å². The van der Waals surface area contributed by atoms with Crippen LogP contribution in [-0.2, 0) is 0 Å². The van der Waals surface area contributed by atoms with Crippen LogP contribution in [-0.4, -0.2) is 21.8 Å². The third-order valence-corrected chi connectivity index (χ3v) is 3.52. The number of hydrogen-bond acceptors (Lipinski definition) is 3. The molecule has 0 amide bonds. The van der Waals surface area contributed by atoms with Crippen molar-refractivity contribution in [3.63, 3.8) is 0 Å². The number of carboxylic acid groups (broad SMARTS) is 1. The molecule has 0 aliphatic heterocycles. The highest BCUT2D eigenvalue weighted by molar-refractivity contribution is 5.94. The number of aromatic nitrogens is 1. The van der Waals surface area contributed by atoms with Gasteiger partial charge in [0.25, 0.3) is 0 Å². The van der Waals surface area contributed by atoms with E-state index in [1.165, 1.54) is 4.57 Å². The molecular weight excluding hydrogens is 282 g/mol. The minimum Gasteiger partial charge on any atom is -0.477 e. The number of nitrogens with zero attached hydrogens (tertiary/aromatic N) is 2. The van der Waals surface area contributed by atoms with E-state index in [1.807, 2.05) is 0 Å². The first kappa shape index (κ1) is 13.2. The molecule has 1 fully saturated rings. The highest BCUT2D eigenvalue weighted by Crippen LogP contribution is 2.41. The molecule has 0 bridgehead atoms. The molecule has 2 atom stereocenters. The molecule has 0 saturated heterocycles. The molecule has 2 aromatic rings. The summed E-state index contributed by atoms with van der Waals surface area (Å²) >= 11 is 0. The number of nitriles is 1. The number of benzene rings is 1. The van der Waals surface area contributed by atoms with Crippen molar-refractivity contribution in [1.29, 1.82) is 5.26 Å². The topological polar surface area (TPSA) is 83.1 Å². The summed E-state index contributed by atoms with van der Waals surface area (Å²) in [5.41, 5.74) is -1.79. The Kier molecular flexibility index (Phi) is 2.76. The van der Waals surface area contributed by atoms with Crippen LogP contribution < -0.4 is 5.43 Å². The van der Waals surface area contributed by atoms with Crippen molar-refractivity contribution < 1.29 is 18.7 Å². The molecule has 7 heteroatoms. The highest BCUT2D eigenvalue weighted by Gasteiger charge is 2.40. The van der Waals surface area contributed by atoms with Gasteiger partial charge in [-0.15, -0.1) is 0 Å². The number of pyridine rings is 1. The van der Waals surface area contributed by atoms with Crippen LogP contribution >= 0.6 is 0 Å². The summed E-state index contributed by atoms with van der Waals surface area (Å²) in [4.78, 5) is 23.2. The summed E-state index contributed by atoms with van der Waals surface area (Å²) in [5.74, 6) is -2.29. The van der Waals surface area contributed by atoms with Crippen LogP contribution in [0.4, 0.5) is 8.78 Å². The van der Waals surface area contributed by atoms with Gasteiger partial charge in [0, 0.05) is 18.0 Å². The minimum atomic E-state index is -1.45. The van der Waals surface area contributed by atoms with Crippen LogP contribution in [0.3, 0.4) is 0 Å². The molecule has 21 heavy (non-hydrogen) atoms. The van der Waals surface area contributed by atoms with E-state index in [4.69, 9.17) is 10.4 Å². The Morgan fingerprint density at radius 2 is 2.14 bits per heavy atom. The average molecular weight is 290 g/mol. The maximum Gasteiger partial charge on any atom is 0.341 e.